The van der Waals surface area contributed by atoms with Crippen LogP contribution >= 0.6 is 11.3 Å². The van der Waals surface area contributed by atoms with E-state index >= 15 is 0 Å². The number of carbonyl (C=O) groups is 1. The van der Waals surface area contributed by atoms with Crippen LogP contribution in [0.15, 0.2) is 6.20 Å². The zero-order valence-corrected chi connectivity index (χ0v) is 11.1. The number of carbonyl (C=O) groups excluding carboxylic acids is 1. The molecule has 0 unspecified atom stereocenters. The fourth-order valence-corrected chi connectivity index (χ4v) is 2.89. The average molecular weight is 254 g/mol. The molecule has 0 atom stereocenters. The number of Topliss-reactive ketones (excluding diaryl/α,β-unsaturated/α-hetero) is 1. The molecule has 0 amide bonds. The molecule has 0 bridgehead atoms. The Morgan fingerprint density at radius 3 is 2.82 bits per heavy atom. The average Bonchev–Trinajstić information content (AvgIpc) is 2.80. The molecule has 1 aromatic heterocycles. The summed E-state index contributed by atoms with van der Waals surface area (Å²) in [4.78, 5) is 18.5. The van der Waals surface area contributed by atoms with Crippen molar-refractivity contribution in [2.45, 2.75) is 32.8 Å². The van der Waals surface area contributed by atoms with Crippen LogP contribution < -0.4 is 4.90 Å². The van der Waals surface area contributed by atoms with E-state index in [4.69, 9.17) is 4.74 Å². The number of hydrogen-bond acceptors (Lipinski definition) is 5. The molecule has 1 fully saturated rings. The molecule has 0 N–H and O–H groups in total. The standard InChI is InChI=1S/C12H18N2O2S/c1-3-16-10-4-6-14(7-5-10)12-13-8-11(17-12)9(2)15/h8,10H,3-7H2,1-2H3. The number of aromatic nitrogens is 1. The Labute approximate surface area is 106 Å². The molecule has 0 aromatic carbocycles. The van der Waals surface area contributed by atoms with Gasteiger partial charge in [-0.3, -0.25) is 4.79 Å². The van der Waals surface area contributed by atoms with E-state index in [2.05, 4.69) is 9.88 Å². The zero-order valence-electron chi connectivity index (χ0n) is 10.3. The summed E-state index contributed by atoms with van der Waals surface area (Å²) in [5, 5.41) is 0.963. The van der Waals surface area contributed by atoms with Crippen LogP contribution in [0, 0.1) is 0 Å². The van der Waals surface area contributed by atoms with E-state index in [1.165, 1.54) is 11.3 Å². The Hall–Kier alpha value is -0.940. The first-order valence-electron chi connectivity index (χ1n) is 6.04. The van der Waals surface area contributed by atoms with Crippen LogP contribution in [0.5, 0.6) is 0 Å². The highest BCUT2D eigenvalue weighted by Crippen LogP contribution is 2.26. The van der Waals surface area contributed by atoms with Crippen LogP contribution in [0.1, 0.15) is 36.4 Å². The third kappa shape index (κ3) is 3.04. The third-order valence-electron chi connectivity index (χ3n) is 2.96. The Balaban J connectivity index is 1.93. The minimum absolute atomic E-state index is 0.0953. The van der Waals surface area contributed by atoms with Crippen molar-refractivity contribution in [2.24, 2.45) is 0 Å². The van der Waals surface area contributed by atoms with Gasteiger partial charge in [0.2, 0.25) is 0 Å². The smallest absolute Gasteiger partial charge is 0.185 e. The molecule has 0 saturated carbocycles. The number of ether oxygens (including phenoxy) is 1. The molecule has 1 aromatic rings. The van der Waals surface area contributed by atoms with Crippen molar-refractivity contribution in [3.05, 3.63) is 11.1 Å². The number of ketones is 1. The maximum absolute atomic E-state index is 11.2. The second-order valence-electron chi connectivity index (χ2n) is 4.21. The monoisotopic (exact) mass is 254 g/mol. The first-order chi connectivity index (χ1) is 8.20. The van der Waals surface area contributed by atoms with E-state index in [-0.39, 0.29) is 5.78 Å². The summed E-state index contributed by atoms with van der Waals surface area (Å²) in [6.07, 6.45) is 4.16. The molecule has 0 aliphatic carbocycles. The molecule has 2 heterocycles. The second kappa shape index (κ2) is 5.60. The molecule has 4 nitrogen and oxygen atoms in total. The van der Waals surface area contributed by atoms with Crippen molar-refractivity contribution < 1.29 is 9.53 Å². The lowest BCUT2D eigenvalue weighted by atomic mass is 10.1. The fourth-order valence-electron chi connectivity index (χ4n) is 2.02. The van der Waals surface area contributed by atoms with Gasteiger partial charge in [-0.05, 0) is 19.8 Å². The quantitative estimate of drug-likeness (QED) is 0.774. The molecule has 94 valence electrons. The van der Waals surface area contributed by atoms with E-state index in [1.807, 2.05) is 6.92 Å². The maximum Gasteiger partial charge on any atom is 0.185 e. The number of anilines is 1. The molecule has 0 spiro atoms. The lowest BCUT2D eigenvalue weighted by Gasteiger charge is -2.31. The third-order valence-corrected chi connectivity index (χ3v) is 4.11. The summed E-state index contributed by atoms with van der Waals surface area (Å²) in [5.74, 6) is 0.0953. The highest BCUT2D eigenvalue weighted by molar-refractivity contribution is 7.17. The number of rotatable bonds is 4. The molecular formula is C12H18N2O2S. The zero-order chi connectivity index (χ0) is 12.3. The molecule has 2 rings (SSSR count). The van der Waals surface area contributed by atoms with E-state index in [0.717, 1.165) is 42.5 Å². The molecule has 1 saturated heterocycles. The number of hydrogen-bond donors (Lipinski definition) is 0. The largest absolute Gasteiger partial charge is 0.378 e. The molecule has 1 aliphatic heterocycles. The highest BCUT2D eigenvalue weighted by Gasteiger charge is 2.21. The number of thiazole rings is 1. The summed E-state index contributed by atoms with van der Waals surface area (Å²) in [6, 6.07) is 0. The Morgan fingerprint density at radius 1 is 1.59 bits per heavy atom. The predicted octanol–water partition coefficient (Wildman–Crippen LogP) is 2.35. The van der Waals surface area contributed by atoms with Gasteiger partial charge in [0.25, 0.3) is 0 Å². The Kier molecular flexibility index (Phi) is 4.12. The maximum atomic E-state index is 11.2. The van der Waals surface area contributed by atoms with Crippen molar-refractivity contribution in [3.63, 3.8) is 0 Å². The van der Waals surface area contributed by atoms with E-state index in [9.17, 15) is 4.79 Å². The van der Waals surface area contributed by atoms with Gasteiger partial charge in [0.15, 0.2) is 10.9 Å². The van der Waals surface area contributed by atoms with Crippen LogP contribution in [0.2, 0.25) is 0 Å². The lowest BCUT2D eigenvalue weighted by molar-refractivity contribution is 0.0459. The minimum Gasteiger partial charge on any atom is -0.378 e. The van der Waals surface area contributed by atoms with Gasteiger partial charge in [-0.15, -0.1) is 0 Å². The number of nitrogens with zero attached hydrogens (tertiary/aromatic N) is 2. The van der Waals surface area contributed by atoms with Gasteiger partial charge in [-0.25, -0.2) is 4.98 Å². The highest BCUT2D eigenvalue weighted by atomic mass is 32.1. The van der Waals surface area contributed by atoms with Crippen molar-refractivity contribution in [2.75, 3.05) is 24.6 Å². The first kappa shape index (κ1) is 12.5. The molecule has 5 heteroatoms. The van der Waals surface area contributed by atoms with Gasteiger partial charge >= 0.3 is 0 Å². The van der Waals surface area contributed by atoms with Crippen LogP contribution in [0.4, 0.5) is 5.13 Å². The summed E-state index contributed by atoms with van der Waals surface area (Å²) in [5.41, 5.74) is 0. The summed E-state index contributed by atoms with van der Waals surface area (Å²) < 4.78 is 5.61. The SMILES string of the molecule is CCOC1CCN(c2ncc(C(C)=O)s2)CC1. The first-order valence-corrected chi connectivity index (χ1v) is 6.85. The predicted molar refractivity (Wildman–Crippen MR) is 69.0 cm³/mol. The summed E-state index contributed by atoms with van der Waals surface area (Å²) in [6.45, 7) is 6.34. The van der Waals surface area contributed by atoms with Gasteiger partial charge in [0, 0.05) is 26.6 Å². The molecule has 1 aliphatic rings. The van der Waals surface area contributed by atoms with Crippen molar-refractivity contribution in [3.8, 4) is 0 Å². The molecule has 17 heavy (non-hydrogen) atoms. The molecular weight excluding hydrogens is 236 g/mol. The fraction of sp³-hybridized carbons (Fsp3) is 0.667. The normalized spacial score (nSPS) is 17.4. The van der Waals surface area contributed by atoms with Crippen molar-refractivity contribution in [1.82, 2.24) is 4.98 Å². The van der Waals surface area contributed by atoms with E-state index < -0.39 is 0 Å². The second-order valence-corrected chi connectivity index (χ2v) is 5.21. The van der Waals surface area contributed by atoms with Gasteiger partial charge in [-0.1, -0.05) is 11.3 Å². The summed E-state index contributed by atoms with van der Waals surface area (Å²) >= 11 is 1.49. The number of piperidine rings is 1. The van der Waals surface area contributed by atoms with Gasteiger partial charge in [-0.2, -0.15) is 0 Å². The molecule has 0 radical (unpaired) electrons. The van der Waals surface area contributed by atoms with Crippen LogP contribution in [0.25, 0.3) is 0 Å². The van der Waals surface area contributed by atoms with E-state index in [0.29, 0.717) is 6.10 Å². The van der Waals surface area contributed by atoms with Crippen LogP contribution in [-0.4, -0.2) is 36.6 Å². The van der Waals surface area contributed by atoms with E-state index in [1.54, 1.807) is 13.1 Å². The topological polar surface area (TPSA) is 42.4 Å². The lowest BCUT2D eigenvalue weighted by Crippen LogP contribution is -2.36. The summed E-state index contributed by atoms with van der Waals surface area (Å²) in [7, 11) is 0. The van der Waals surface area contributed by atoms with Crippen molar-refractivity contribution in [1.29, 1.82) is 0 Å². The van der Waals surface area contributed by atoms with Gasteiger partial charge in [0.05, 0.1) is 17.2 Å². The van der Waals surface area contributed by atoms with Gasteiger partial charge < -0.3 is 9.64 Å². The van der Waals surface area contributed by atoms with Gasteiger partial charge in [0.1, 0.15) is 0 Å². The Bertz CT molecular complexity index is 384. The minimum atomic E-state index is 0.0953. The Morgan fingerprint density at radius 2 is 2.29 bits per heavy atom. The van der Waals surface area contributed by atoms with Crippen LogP contribution in [0.3, 0.4) is 0 Å². The van der Waals surface area contributed by atoms with Crippen molar-refractivity contribution >= 4 is 22.3 Å². The van der Waals surface area contributed by atoms with Crippen LogP contribution in [-0.2, 0) is 4.74 Å².